The number of thioether (sulfide) groups is 1. The van der Waals surface area contributed by atoms with E-state index < -0.39 is 0 Å². The van der Waals surface area contributed by atoms with Gasteiger partial charge in [0.15, 0.2) is 11.5 Å². The number of hydrogen-bond acceptors (Lipinski definition) is 5. The molecule has 0 aromatic heterocycles. The lowest BCUT2D eigenvalue weighted by Gasteiger charge is -2.24. The summed E-state index contributed by atoms with van der Waals surface area (Å²) in [5.41, 5.74) is 3.24. The summed E-state index contributed by atoms with van der Waals surface area (Å²) in [6, 6.07) is 22.6. The van der Waals surface area contributed by atoms with Crippen LogP contribution in [0.2, 0.25) is 0 Å². The van der Waals surface area contributed by atoms with Gasteiger partial charge in [0, 0.05) is 23.9 Å². The SMILES string of the molecule is COc1ccc(NC(=O)c2ccc(C3SCC(=O)N3Cc3ccccc3)cc2)cc1OC. The molecule has 2 amide bonds. The minimum Gasteiger partial charge on any atom is -0.493 e. The van der Waals surface area contributed by atoms with Gasteiger partial charge in [-0.05, 0) is 35.4 Å². The minimum atomic E-state index is -0.222. The standard InChI is InChI=1S/C25H24N2O4S/c1-30-21-13-12-20(14-22(21)31-2)26-24(29)18-8-10-19(11-9-18)25-27(23(28)16-32-25)15-17-6-4-3-5-7-17/h3-14,25H,15-16H2,1-2H3,(H,26,29). The molecule has 1 saturated heterocycles. The molecule has 3 aromatic rings. The number of nitrogens with zero attached hydrogens (tertiary/aromatic N) is 1. The first-order valence-electron chi connectivity index (χ1n) is 10.2. The Balaban J connectivity index is 1.46. The highest BCUT2D eigenvalue weighted by Gasteiger charge is 2.32. The van der Waals surface area contributed by atoms with Crippen molar-refractivity contribution in [1.29, 1.82) is 0 Å². The molecule has 1 fully saturated rings. The van der Waals surface area contributed by atoms with Crippen LogP contribution >= 0.6 is 11.8 Å². The van der Waals surface area contributed by atoms with Crippen LogP contribution in [0.4, 0.5) is 5.69 Å². The zero-order chi connectivity index (χ0) is 22.5. The van der Waals surface area contributed by atoms with Gasteiger partial charge in [0.05, 0.1) is 20.0 Å². The largest absolute Gasteiger partial charge is 0.493 e. The van der Waals surface area contributed by atoms with Crippen molar-refractivity contribution in [3.8, 4) is 11.5 Å². The lowest BCUT2D eigenvalue weighted by molar-refractivity contribution is -0.128. The van der Waals surface area contributed by atoms with Crippen LogP contribution in [0, 0.1) is 0 Å². The quantitative estimate of drug-likeness (QED) is 0.566. The van der Waals surface area contributed by atoms with Gasteiger partial charge in [-0.2, -0.15) is 0 Å². The molecule has 1 unspecified atom stereocenters. The number of ether oxygens (including phenoxy) is 2. The third-order valence-corrected chi connectivity index (χ3v) is 6.52. The molecule has 1 aliphatic heterocycles. The minimum absolute atomic E-state index is 0.0642. The van der Waals surface area contributed by atoms with E-state index in [0.29, 0.717) is 35.0 Å². The summed E-state index contributed by atoms with van der Waals surface area (Å²) >= 11 is 1.61. The zero-order valence-electron chi connectivity index (χ0n) is 17.9. The van der Waals surface area contributed by atoms with Crippen molar-refractivity contribution in [2.75, 3.05) is 25.3 Å². The monoisotopic (exact) mass is 448 g/mol. The van der Waals surface area contributed by atoms with Crippen molar-refractivity contribution < 1.29 is 19.1 Å². The maximum absolute atomic E-state index is 12.7. The molecule has 164 valence electrons. The Kier molecular flexibility index (Phi) is 6.66. The van der Waals surface area contributed by atoms with Crippen molar-refractivity contribution in [2.45, 2.75) is 11.9 Å². The van der Waals surface area contributed by atoms with E-state index in [1.807, 2.05) is 47.4 Å². The lowest BCUT2D eigenvalue weighted by Crippen LogP contribution is -2.27. The molecule has 0 bridgehead atoms. The van der Waals surface area contributed by atoms with E-state index in [9.17, 15) is 9.59 Å². The van der Waals surface area contributed by atoms with Crippen LogP contribution in [-0.4, -0.2) is 36.7 Å². The molecule has 1 heterocycles. The van der Waals surface area contributed by atoms with Gasteiger partial charge < -0.3 is 19.7 Å². The molecule has 1 atom stereocenters. The van der Waals surface area contributed by atoms with Gasteiger partial charge in [0.2, 0.25) is 5.91 Å². The topological polar surface area (TPSA) is 67.9 Å². The predicted octanol–water partition coefficient (Wildman–Crippen LogP) is 4.73. The number of methoxy groups -OCH3 is 2. The zero-order valence-corrected chi connectivity index (χ0v) is 18.7. The van der Waals surface area contributed by atoms with E-state index in [1.54, 1.807) is 56.3 Å². The summed E-state index contributed by atoms with van der Waals surface area (Å²) in [5.74, 6) is 1.50. The Bertz CT molecular complexity index is 1100. The van der Waals surface area contributed by atoms with Crippen molar-refractivity contribution in [1.82, 2.24) is 4.90 Å². The van der Waals surface area contributed by atoms with Gasteiger partial charge in [-0.25, -0.2) is 0 Å². The average molecular weight is 449 g/mol. The second-order valence-electron chi connectivity index (χ2n) is 7.32. The van der Waals surface area contributed by atoms with Crippen molar-refractivity contribution in [2.24, 2.45) is 0 Å². The number of hydrogen-bond donors (Lipinski definition) is 1. The van der Waals surface area contributed by atoms with Crippen LogP contribution in [0.1, 0.15) is 26.9 Å². The maximum Gasteiger partial charge on any atom is 0.255 e. The third kappa shape index (κ3) is 4.73. The Hall–Kier alpha value is -3.45. The van der Waals surface area contributed by atoms with Crippen LogP contribution in [0.15, 0.2) is 72.8 Å². The van der Waals surface area contributed by atoms with E-state index in [2.05, 4.69) is 5.32 Å². The first-order chi connectivity index (χ1) is 15.6. The van der Waals surface area contributed by atoms with Gasteiger partial charge in [-0.15, -0.1) is 11.8 Å². The average Bonchev–Trinajstić information content (AvgIpc) is 3.19. The molecular formula is C25H24N2O4S. The molecule has 6 nitrogen and oxygen atoms in total. The molecule has 4 rings (SSSR count). The van der Waals surface area contributed by atoms with Gasteiger partial charge >= 0.3 is 0 Å². The molecule has 0 aliphatic carbocycles. The summed E-state index contributed by atoms with van der Waals surface area (Å²) < 4.78 is 10.5. The first-order valence-corrected chi connectivity index (χ1v) is 11.2. The summed E-state index contributed by atoms with van der Waals surface area (Å²) in [7, 11) is 3.11. The number of carbonyl (C=O) groups is 2. The van der Waals surface area contributed by atoms with Crippen LogP contribution in [0.25, 0.3) is 0 Å². The normalized spacial score (nSPS) is 15.5. The predicted molar refractivity (Wildman–Crippen MR) is 126 cm³/mol. The molecule has 3 aromatic carbocycles. The molecule has 1 aliphatic rings. The van der Waals surface area contributed by atoms with Crippen LogP contribution in [-0.2, 0) is 11.3 Å². The molecule has 0 saturated carbocycles. The summed E-state index contributed by atoms with van der Waals surface area (Å²) in [5, 5.41) is 2.81. The van der Waals surface area contributed by atoms with Crippen LogP contribution < -0.4 is 14.8 Å². The Morgan fingerprint density at radius 3 is 2.41 bits per heavy atom. The number of amides is 2. The van der Waals surface area contributed by atoms with E-state index in [1.165, 1.54) is 0 Å². The number of anilines is 1. The molecule has 0 radical (unpaired) electrons. The number of benzene rings is 3. The smallest absolute Gasteiger partial charge is 0.255 e. The Labute approximate surface area is 191 Å². The highest BCUT2D eigenvalue weighted by molar-refractivity contribution is 8.00. The summed E-state index contributed by atoms with van der Waals surface area (Å²) in [4.78, 5) is 27.1. The molecule has 7 heteroatoms. The second-order valence-corrected chi connectivity index (χ2v) is 8.39. The van der Waals surface area contributed by atoms with Crippen LogP contribution in [0.5, 0.6) is 11.5 Å². The maximum atomic E-state index is 12.7. The number of carbonyl (C=O) groups excluding carboxylic acids is 2. The number of rotatable bonds is 7. The van der Waals surface area contributed by atoms with Crippen molar-refractivity contribution >= 4 is 29.3 Å². The Morgan fingerprint density at radius 1 is 1.00 bits per heavy atom. The first kappa shape index (κ1) is 21.8. The van der Waals surface area contributed by atoms with Gasteiger partial charge in [-0.1, -0.05) is 42.5 Å². The van der Waals surface area contributed by atoms with E-state index in [4.69, 9.17) is 9.47 Å². The van der Waals surface area contributed by atoms with Crippen LogP contribution in [0.3, 0.4) is 0 Å². The van der Waals surface area contributed by atoms with Crippen molar-refractivity contribution in [3.05, 3.63) is 89.5 Å². The van der Waals surface area contributed by atoms with E-state index in [0.717, 1.165) is 11.1 Å². The highest BCUT2D eigenvalue weighted by Crippen LogP contribution is 2.39. The molecule has 32 heavy (non-hydrogen) atoms. The summed E-state index contributed by atoms with van der Waals surface area (Å²) in [6.07, 6.45) is 0. The molecular weight excluding hydrogens is 424 g/mol. The highest BCUT2D eigenvalue weighted by atomic mass is 32.2. The van der Waals surface area contributed by atoms with E-state index in [-0.39, 0.29) is 17.2 Å². The molecule has 1 N–H and O–H groups in total. The van der Waals surface area contributed by atoms with Gasteiger partial charge in [0.25, 0.3) is 5.91 Å². The lowest BCUT2D eigenvalue weighted by atomic mass is 10.1. The fourth-order valence-electron chi connectivity index (χ4n) is 3.60. The second kappa shape index (κ2) is 9.78. The van der Waals surface area contributed by atoms with Gasteiger partial charge in [0.1, 0.15) is 5.37 Å². The van der Waals surface area contributed by atoms with E-state index >= 15 is 0 Å². The molecule has 0 spiro atoms. The summed E-state index contributed by atoms with van der Waals surface area (Å²) in [6.45, 7) is 0.568. The fourth-order valence-corrected chi connectivity index (χ4v) is 4.79. The number of nitrogens with one attached hydrogen (secondary N) is 1. The van der Waals surface area contributed by atoms with Gasteiger partial charge in [-0.3, -0.25) is 9.59 Å². The Morgan fingerprint density at radius 2 is 1.72 bits per heavy atom. The third-order valence-electron chi connectivity index (χ3n) is 5.26. The fraction of sp³-hybridized carbons (Fsp3) is 0.200. The van der Waals surface area contributed by atoms with Crippen molar-refractivity contribution in [3.63, 3.8) is 0 Å².